The lowest BCUT2D eigenvalue weighted by Gasteiger charge is -1.93. The maximum absolute atomic E-state index is 10.9. The van der Waals surface area contributed by atoms with E-state index in [2.05, 4.69) is 20.7 Å². The van der Waals surface area contributed by atoms with Crippen molar-refractivity contribution in [2.45, 2.75) is 0 Å². The molecule has 1 aromatic rings. The number of hydrogen-bond donors (Lipinski definition) is 0. The Morgan fingerprint density at radius 2 is 2.45 bits per heavy atom. The summed E-state index contributed by atoms with van der Waals surface area (Å²) in [6, 6.07) is 0. The van der Waals surface area contributed by atoms with E-state index >= 15 is 0 Å². The van der Waals surface area contributed by atoms with Gasteiger partial charge in [0, 0.05) is 9.85 Å². The van der Waals surface area contributed by atoms with Gasteiger partial charge in [0.2, 0.25) is 0 Å². The fraction of sp³-hybridized carbons (Fsp3) is 0.167. The predicted molar refractivity (Wildman–Crippen MR) is 48.4 cm³/mol. The van der Waals surface area contributed by atoms with Crippen molar-refractivity contribution in [3.8, 4) is 0 Å². The van der Waals surface area contributed by atoms with Gasteiger partial charge in [-0.2, -0.15) is 0 Å². The van der Waals surface area contributed by atoms with Gasteiger partial charge in [-0.1, -0.05) is 11.6 Å². The first-order valence-corrected chi connectivity index (χ1v) is 4.72. The number of carbonyl (C=O) groups excluding carboxylic acids is 1. The van der Waals surface area contributed by atoms with Crippen molar-refractivity contribution in [3.05, 3.63) is 19.8 Å². The largest absolute Gasteiger partial charge is 0.465 e. The summed E-state index contributed by atoms with van der Waals surface area (Å²) in [6.07, 6.45) is 0. The first-order chi connectivity index (χ1) is 5.16. The van der Waals surface area contributed by atoms with Gasteiger partial charge < -0.3 is 4.74 Å². The lowest BCUT2D eigenvalue weighted by Crippen LogP contribution is -1.97. The van der Waals surface area contributed by atoms with Crippen molar-refractivity contribution >= 4 is 44.8 Å². The fourth-order valence-corrected chi connectivity index (χ4v) is 2.23. The Hall–Kier alpha value is -0.0600. The van der Waals surface area contributed by atoms with Crippen LogP contribution in [0.3, 0.4) is 0 Å². The molecule has 0 N–H and O–H groups in total. The highest BCUT2D eigenvalue weighted by Crippen LogP contribution is 2.32. The summed E-state index contributed by atoms with van der Waals surface area (Å²) >= 11 is 10.2. The zero-order valence-electron chi connectivity index (χ0n) is 5.56. The fourth-order valence-electron chi connectivity index (χ4n) is 0.553. The van der Waals surface area contributed by atoms with Crippen molar-refractivity contribution in [1.82, 2.24) is 0 Å². The van der Waals surface area contributed by atoms with E-state index < -0.39 is 5.97 Å². The van der Waals surface area contributed by atoms with E-state index in [4.69, 9.17) is 11.6 Å². The molecule has 0 spiro atoms. The van der Waals surface area contributed by atoms with Crippen LogP contribution in [0.5, 0.6) is 0 Å². The zero-order valence-corrected chi connectivity index (χ0v) is 8.72. The SMILES string of the molecule is COC(=O)c1scc(Br)c1Cl. The molecule has 0 saturated heterocycles. The van der Waals surface area contributed by atoms with Crippen LogP contribution in [-0.4, -0.2) is 13.1 Å². The van der Waals surface area contributed by atoms with Crippen LogP contribution in [0, 0.1) is 0 Å². The number of methoxy groups -OCH3 is 1. The Morgan fingerprint density at radius 3 is 2.82 bits per heavy atom. The number of halogens is 2. The van der Waals surface area contributed by atoms with Gasteiger partial charge in [0.1, 0.15) is 4.88 Å². The Morgan fingerprint density at radius 1 is 1.82 bits per heavy atom. The molecular formula is C6H4BrClO2S. The Bertz CT molecular complexity index is 284. The number of thiophene rings is 1. The van der Waals surface area contributed by atoms with Gasteiger partial charge in [-0.15, -0.1) is 11.3 Å². The first-order valence-electron chi connectivity index (χ1n) is 2.67. The molecular weight excluding hydrogens is 251 g/mol. The van der Waals surface area contributed by atoms with E-state index in [9.17, 15) is 4.79 Å². The topological polar surface area (TPSA) is 26.3 Å². The van der Waals surface area contributed by atoms with Crippen LogP contribution in [0.4, 0.5) is 0 Å². The minimum absolute atomic E-state index is 0.397. The third-order valence-corrected chi connectivity index (χ3v) is 3.68. The van der Waals surface area contributed by atoms with Crippen LogP contribution in [0.2, 0.25) is 5.02 Å². The first kappa shape index (κ1) is 9.03. The highest BCUT2D eigenvalue weighted by atomic mass is 79.9. The summed E-state index contributed by atoms with van der Waals surface area (Å²) in [5.41, 5.74) is 0. The lowest BCUT2D eigenvalue weighted by molar-refractivity contribution is 0.0606. The highest BCUT2D eigenvalue weighted by Gasteiger charge is 2.14. The number of rotatable bonds is 1. The molecule has 1 heterocycles. The maximum atomic E-state index is 10.9. The molecule has 1 aromatic heterocycles. The molecule has 0 aliphatic carbocycles. The molecule has 2 nitrogen and oxygen atoms in total. The molecule has 11 heavy (non-hydrogen) atoms. The van der Waals surface area contributed by atoms with Gasteiger partial charge in [0.15, 0.2) is 0 Å². The van der Waals surface area contributed by atoms with Crippen molar-refractivity contribution in [3.63, 3.8) is 0 Å². The molecule has 5 heteroatoms. The second kappa shape index (κ2) is 3.56. The predicted octanol–water partition coefficient (Wildman–Crippen LogP) is 2.95. The monoisotopic (exact) mass is 254 g/mol. The molecule has 0 bridgehead atoms. The van der Waals surface area contributed by atoms with E-state index in [1.54, 1.807) is 5.38 Å². The molecule has 0 aliphatic rings. The second-order valence-electron chi connectivity index (χ2n) is 1.72. The number of ether oxygens (including phenoxy) is 1. The molecule has 0 aliphatic heterocycles. The summed E-state index contributed by atoms with van der Waals surface area (Å²) in [5, 5.41) is 2.16. The lowest BCUT2D eigenvalue weighted by atomic mass is 10.5. The van der Waals surface area contributed by atoms with Crippen LogP contribution >= 0.6 is 38.9 Å². The third kappa shape index (κ3) is 1.75. The molecule has 60 valence electrons. The quantitative estimate of drug-likeness (QED) is 0.721. The zero-order chi connectivity index (χ0) is 8.43. The summed E-state index contributed by atoms with van der Waals surface area (Å²) < 4.78 is 5.22. The van der Waals surface area contributed by atoms with Crippen LogP contribution in [0.25, 0.3) is 0 Å². The molecule has 0 radical (unpaired) electrons. The smallest absolute Gasteiger partial charge is 0.349 e. The molecule has 0 amide bonds. The van der Waals surface area contributed by atoms with Gasteiger partial charge in [0.05, 0.1) is 12.1 Å². The number of carbonyl (C=O) groups is 1. The van der Waals surface area contributed by atoms with Crippen LogP contribution < -0.4 is 0 Å². The van der Waals surface area contributed by atoms with Crippen LogP contribution in [-0.2, 0) is 4.74 Å². The van der Waals surface area contributed by atoms with Crippen LogP contribution in [0.15, 0.2) is 9.85 Å². The third-order valence-electron chi connectivity index (χ3n) is 1.06. The van der Waals surface area contributed by atoms with Gasteiger partial charge >= 0.3 is 5.97 Å². The highest BCUT2D eigenvalue weighted by molar-refractivity contribution is 9.10. The van der Waals surface area contributed by atoms with E-state index in [1.807, 2.05) is 0 Å². The van der Waals surface area contributed by atoms with E-state index in [-0.39, 0.29) is 0 Å². The minimum atomic E-state index is -0.397. The van der Waals surface area contributed by atoms with E-state index in [0.717, 1.165) is 4.47 Å². The normalized spacial score (nSPS) is 9.73. The molecule has 0 fully saturated rings. The Labute approximate surface area is 81.2 Å². The van der Waals surface area contributed by atoms with Gasteiger partial charge in [-0.3, -0.25) is 0 Å². The van der Waals surface area contributed by atoms with Gasteiger partial charge in [0.25, 0.3) is 0 Å². The van der Waals surface area contributed by atoms with E-state index in [0.29, 0.717) is 9.90 Å². The summed E-state index contributed by atoms with van der Waals surface area (Å²) in [5.74, 6) is -0.397. The molecule has 0 atom stereocenters. The molecule has 0 unspecified atom stereocenters. The summed E-state index contributed by atoms with van der Waals surface area (Å²) in [4.78, 5) is 11.4. The van der Waals surface area contributed by atoms with Gasteiger partial charge in [-0.05, 0) is 15.9 Å². The summed E-state index contributed by atoms with van der Waals surface area (Å²) in [7, 11) is 1.33. The van der Waals surface area contributed by atoms with Crippen molar-refractivity contribution in [2.75, 3.05) is 7.11 Å². The minimum Gasteiger partial charge on any atom is -0.465 e. The van der Waals surface area contributed by atoms with Crippen molar-refractivity contribution < 1.29 is 9.53 Å². The van der Waals surface area contributed by atoms with Crippen LogP contribution in [0.1, 0.15) is 9.67 Å². The second-order valence-corrected chi connectivity index (χ2v) is 3.83. The average Bonchev–Trinajstić information content (AvgIpc) is 2.32. The number of hydrogen-bond acceptors (Lipinski definition) is 3. The Balaban J connectivity index is 3.04. The maximum Gasteiger partial charge on any atom is 0.349 e. The molecule has 1 rings (SSSR count). The summed E-state index contributed by atoms with van der Waals surface area (Å²) in [6.45, 7) is 0. The van der Waals surface area contributed by atoms with Crippen molar-refractivity contribution in [1.29, 1.82) is 0 Å². The standard InChI is InChI=1S/C6H4BrClO2S/c1-10-6(9)5-4(8)3(7)2-11-5/h2H,1H3. The van der Waals surface area contributed by atoms with Crippen molar-refractivity contribution in [2.24, 2.45) is 0 Å². The molecule has 0 saturated carbocycles. The molecule has 0 aromatic carbocycles. The van der Waals surface area contributed by atoms with E-state index in [1.165, 1.54) is 18.4 Å². The Kier molecular flexibility index (Phi) is 2.92. The average molecular weight is 256 g/mol. The number of esters is 1. The van der Waals surface area contributed by atoms with Gasteiger partial charge in [-0.25, -0.2) is 4.79 Å².